The predicted octanol–water partition coefficient (Wildman–Crippen LogP) is 8.37. The molecule has 0 aliphatic carbocycles. The van der Waals surface area contributed by atoms with Crippen LogP contribution in [0.1, 0.15) is 41.0 Å². The van der Waals surface area contributed by atoms with Crippen LogP contribution in [0.5, 0.6) is 0 Å². The highest BCUT2D eigenvalue weighted by molar-refractivity contribution is 7.79. The Morgan fingerprint density at radius 2 is 1.20 bits per heavy atom. The third-order valence-electron chi connectivity index (χ3n) is 9.09. The number of aliphatic hydroxyl groups is 1. The molecule has 1 amide bonds. The molecule has 15 nitrogen and oxygen atoms in total. The van der Waals surface area contributed by atoms with E-state index < -0.39 is 22.0 Å². The summed E-state index contributed by atoms with van der Waals surface area (Å²) in [6, 6.07) is 18.0. The Bertz CT molecular complexity index is 2810. The molecule has 56 heavy (non-hydrogen) atoms. The van der Waals surface area contributed by atoms with E-state index in [-0.39, 0.29) is 11.5 Å². The second-order valence-electron chi connectivity index (χ2n) is 13.1. The van der Waals surface area contributed by atoms with Gasteiger partial charge in [-0.05, 0) is 66.8 Å². The molecule has 4 heterocycles. The van der Waals surface area contributed by atoms with Crippen LogP contribution in [-0.4, -0.2) is 59.7 Å². The summed E-state index contributed by atoms with van der Waals surface area (Å²) >= 11 is 24.8. The van der Waals surface area contributed by atoms with E-state index >= 15 is 0 Å². The highest BCUT2D eigenvalue weighted by Gasteiger charge is 2.40. The van der Waals surface area contributed by atoms with Crippen LogP contribution in [0.15, 0.2) is 65.5 Å². The van der Waals surface area contributed by atoms with Crippen LogP contribution in [0.3, 0.4) is 0 Å². The number of nitrogens with one attached hydrogen (secondary N) is 6. The van der Waals surface area contributed by atoms with Gasteiger partial charge in [0.2, 0.25) is 11.9 Å². The summed E-state index contributed by atoms with van der Waals surface area (Å²) in [6.45, 7) is 7.61. The van der Waals surface area contributed by atoms with Gasteiger partial charge in [-0.3, -0.25) is 18.7 Å². The number of fused-ring (bicyclic) bond motifs is 6. The summed E-state index contributed by atoms with van der Waals surface area (Å²) in [5.74, 6) is 0.529. The van der Waals surface area contributed by atoms with Gasteiger partial charge in [-0.15, -0.1) is 0 Å². The van der Waals surface area contributed by atoms with Crippen LogP contribution >= 0.6 is 46.4 Å². The van der Waals surface area contributed by atoms with E-state index in [1.807, 2.05) is 52.0 Å². The fourth-order valence-electron chi connectivity index (χ4n) is 6.10. The lowest BCUT2D eigenvalue weighted by Crippen LogP contribution is -2.52. The zero-order valence-electron chi connectivity index (χ0n) is 29.6. The summed E-state index contributed by atoms with van der Waals surface area (Å²) in [5, 5.41) is 22.3. The summed E-state index contributed by atoms with van der Waals surface area (Å²) in [6.07, 6.45) is -0.960. The summed E-state index contributed by atoms with van der Waals surface area (Å²) in [7, 11) is -4.67. The molecule has 4 aromatic carbocycles. The molecule has 20 heteroatoms. The monoisotopic (exact) mass is 860 g/mol. The van der Waals surface area contributed by atoms with E-state index in [1.54, 1.807) is 36.4 Å². The van der Waals surface area contributed by atoms with Gasteiger partial charge in [0.25, 0.3) is 11.5 Å². The van der Waals surface area contributed by atoms with Crippen molar-refractivity contribution >= 4 is 119 Å². The van der Waals surface area contributed by atoms with Crippen LogP contribution in [0.2, 0.25) is 20.1 Å². The number of benzene rings is 4. The van der Waals surface area contributed by atoms with Crippen molar-refractivity contribution in [3.63, 3.8) is 0 Å². The quantitative estimate of drug-likeness (QED) is 0.0762. The molecule has 0 radical (unpaired) electrons. The van der Waals surface area contributed by atoms with E-state index in [9.17, 15) is 14.7 Å². The zero-order valence-corrected chi connectivity index (χ0v) is 33.5. The lowest BCUT2D eigenvalue weighted by Gasteiger charge is -2.37. The van der Waals surface area contributed by atoms with E-state index in [0.29, 0.717) is 70.9 Å². The molecule has 3 aromatic heterocycles. The number of carbonyl (C=O) groups is 1. The van der Waals surface area contributed by atoms with Crippen molar-refractivity contribution in [2.45, 2.75) is 39.3 Å². The van der Waals surface area contributed by atoms with Gasteiger partial charge >= 0.3 is 10.4 Å². The second kappa shape index (κ2) is 15.6. The van der Waals surface area contributed by atoms with Crippen LogP contribution in [0, 0.1) is 13.8 Å². The van der Waals surface area contributed by atoms with E-state index in [2.05, 4.69) is 40.9 Å². The molecular formula is C36H32Cl4N8O7S. The first-order valence-corrected chi connectivity index (χ1v) is 19.3. The minimum Gasteiger partial charge on any atom is -0.373 e. The van der Waals surface area contributed by atoms with Crippen molar-refractivity contribution in [3.8, 4) is 0 Å². The lowest BCUT2D eigenvalue weighted by atomic mass is 9.77. The minimum absolute atomic E-state index is 0.155. The highest BCUT2D eigenvalue weighted by atomic mass is 35.5. The summed E-state index contributed by atoms with van der Waals surface area (Å²) in [4.78, 5) is 43.2. The number of pyridine rings is 1. The van der Waals surface area contributed by atoms with E-state index in [0.717, 1.165) is 27.7 Å². The van der Waals surface area contributed by atoms with Crippen molar-refractivity contribution in [1.29, 1.82) is 0 Å². The minimum atomic E-state index is -4.67. The average molecular weight is 863 g/mol. The van der Waals surface area contributed by atoms with Gasteiger partial charge in [-0.1, -0.05) is 84.5 Å². The van der Waals surface area contributed by atoms with Gasteiger partial charge in [-0.2, -0.15) is 8.42 Å². The Balaban J connectivity index is 0.000000170. The average Bonchev–Trinajstić information content (AvgIpc) is 3.72. The van der Waals surface area contributed by atoms with E-state index in [1.165, 1.54) is 0 Å². The molecule has 292 valence electrons. The number of H-pyrrole nitrogens is 3. The molecule has 0 fully saturated rings. The number of aromatic nitrogens is 5. The molecule has 0 saturated carbocycles. The van der Waals surface area contributed by atoms with Gasteiger partial charge in [-0.25, -0.2) is 9.97 Å². The van der Waals surface area contributed by atoms with Gasteiger partial charge < -0.3 is 36.0 Å². The molecule has 0 saturated heterocycles. The maximum absolute atomic E-state index is 12.5. The number of aromatic amines is 3. The molecule has 1 unspecified atom stereocenters. The molecule has 1 aliphatic heterocycles. The number of carbonyl (C=O) groups excluding carboxylic acids is 1. The number of imidazole rings is 2. The van der Waals surface area contributed by atoms with Crippen LogP contribution in [0.4, 0.5) is 23.3 Å². The zero-order chi connectivity index (χ0) is 40.9. The number of rotatable bonds is 4. The smallest absolute Gasteiger partial charge is 0.373 e. The van der Waals surface area contributed by atoms with Gasteiger partial charge in [0.1, 0.15) is 17.3 Å². The Kier molecular flexibility index (Phi) is 11.3. The normalized spacial score (nSPS) is 14.7. The molecule has 9 N–H and O–H groups in total. The Morgan fingerprint density at radius 1 is 0.732 bits per heavy atom. The summed E-state index contributed by atoms with van der Waals surface area (Å²) < 4.78 is 31.6. The number of anilines is 4. The molecule has 1 aliphatic rings. The lowest BCUT2D eigenvalue weighted by molar-refractivity contribution is 0.0463. The van der Waals surface area contributed by atoms with Crippen LogP contribution in [0.25, 0.3) is 32.8 Å². The standard InChI is InChI=1S/C18H16Cl2N4O2.C18H14Cl2N4O.H2O4S/c1-18(2)8-6-7-11-14(12(8)15(25)24-16(18)26)23-17(21-11)22-13-9(19)4-3-5-10(13)20;1-8-9(2)21-17(25)14-10(8)6-7-13-16(14)24-18(22-13)23-15-11(19)4-3-5-12(15)20;1-5(2,3)4/h3-7,16,26H,1-2H3,(H,24,25)(H2,21,22,23);3-7H,1-2H3,(H,21,25)(H2,22,23,24);(H2,1,2,3,4). The number of amides is 1. The second-order valence-corrected chi connectivity index (χ2v) is 15.7. The van der Waals surface area contributed by atoms with E-state index in [4.69, 9.17) is 63.9 Å². The van der Waals surface area contributed by atoms with Gasteiger partial charge in [0.15, 0.2) is 0 Å². The number of aryl methyl sites for hydroxylation is 2. The van der Waals surface area contributed by atoms with Gasteiger partial charge in [0.05, 0.1) is 53.4 Å². The fraction of sp³-hybridized carbons (Fsp3) is 0.167. The third-order valence-corrected chi connectivity index (χ3v) is 10.3. The number of hydrogen-bond donors (Lipinski definition) is 9. The Hall–Kier alpha value is -4.91. The van der Waals surface area contributed by atoms with Gasteiger partial charge in [0, 0.05) is 11.1 Å². The Labute approximate surface area is 338 Å². The first-order chi connectivity index (χ1) is 26.2. The third kappa shape index (κ3) is 8.28. The maximum atomic E-state index is 12.5. The predicted molar refractivity (Wildman–Crippen MR) is 220 cm³/mol. The van der Waals surface area contributed by atoms with Crippen LogP contribution < -0.4 is 21.5 Å². The topological polar surface area (TPSA) is 238 Å². The van der Waals surface area contributed by atoms with Crippen molar-refractivity contribution in [2.24, 2.45) is 0 Å². The largest absolute Gasteiger partial charge is 0.394 e. The number of halogens is 4. The van der Waals surface area contributed by atoms with Crippen molar-refractivity contribution < 1.29 is 27.4 Å². The SMILES string of the molecule is CC1(C)c2ccc3[nH]c(Nc4c(Cl)cccc4Cl)nc3c2C(=O)NC1O.Cc1[nH]c(=O)c2c(ccc3[nH]c(Nc4c(Cl)cccc4Cl)nc32)c1C.O=S(=O)(O)O. The Morgan fingerprint density at radius 3 is 1.71 bits per heavy atom. The molecule has 8 rings (SSSR count). The molecule has 7 aromatic rings. The number of nitrogens with zero attached hydrogens (tertiary/aromatic N) is 2. The van der Waals surface area contributed by atoms with Crippen molar-refractivity contribution in [2.75, 3.05) is 10.6 Å². The number of aliphatic hydroxyl groups excluding tert-OH is 1. The number of hydrogen-bond acceptors (Lipinski definition) is 9. The first kappa shape index (κ1) is 40.7. The van der Waals surface area contributed by atoms with Crippen molar-refractivity contribution in [3.05, 3.63) is 113 Å². The first-order valence-electron chi connectivity index (χ1n) is 16.4. The molecular weight excluding hydrogens is 830 g/mol. The fourth-order valence-corrected chi connectivity index (χ4v) is 7.09. The molecule has 1 atom stereocenters. The van der Waals surface area contributed by atoms with Crippen LogP contribution in [-0.2, 0) is 15.8 Å². The highest BCUT2D eigenvalue weighted by Crippen LogP contribution is 2.38. The molecule has 0 spiro atoms. The number of para-hydroxylation sites is 2. The molecule has 0 bridgehead atoms. The summed E-state index contributed by atoms with van der Waals surface area (Å²) in [5.41, 5.74) is 5.97. The maximum Gasteiger partial charge on any atom is 0.394 e. The van der Waals surface area contributed by atoms with Crippen molar-refractivity contribution in [1.82, 2.24) is 30.2 Å².